The van der Waals surface area contributed by atoms with Crippen molar-refractivity contribution in [2.45, 2.75) is 76.9 Å². The number of aliphatic imine (C=N–C) groups is 1. The van der Waals surface area contributed by atoms with Gasteiger partial charge in [-0.15, -0.1) is 0 Å². The number of hydrogen-bond donors (Lipinski definition) is 2. The first-order valence-electron chi connectivity index (χ1n) is 8.31. The Balaban J connectivity index is 2.15. The van der Waals surface area contributed by atoms with Gasteiger partial charge >= 0.3 is 6.09 Å². The largest absolute Gasteiger partial charge is 0.443 e. The highest BCUT2D eigenvalue weighted by atomic mass is 32.2. The third-order valence-corrected chi connectivity index (χ3v) is 5.25. The smallest absolute Gasteiger partial charge is 0.416 e. The Morgan fingerprint density at radius 2 is 2.12 bits per heavy atom. The molecule has 0 aromatic heterocycles. The first-order valence-corrected chi connectivity index (χ1v) is 9.19. The van der Waals surface area contributed by atoms with Crippen LogP contribution in [-0.4, -0.2) is 68.3 Å². The van der Waals surface area contributed by atoms with Crippen LogP contribution < -0.4 is 0 Å². The van der Waals surface area contributed by atoms with E-state index in [9.17, 15) is 15.0 Å². The highest BCUT2D eigenvalue weighted by molar-refractivity contribution is 8.14. The van der Waals surface area contributed by atoms with Crippen molar-refractivity contribution in [1.29, 1.82) is 0 Å². The number of amides is 1. The van der Waals surface area contributed by atoms with E-state index < -0.39 is 41.5 Å². The van der Waals surface area contributed by atoms with E-state index >= 15 is 0 Å². The average Bonchev–Trinajstić information content (AvgIpc) is 2.85. The van der Waals surface area contributed by atoms with E-state index in [1.165, 1.54) is 16.7 Å². The van der Waals surface area contributed by atoms with Crippen molar-refractivity contribution in [1.82, 2.24) is 4.90 Å². The van der Waals surface area contributed by atoms with Gasteiger partial charge in [0.2, 0.25) is 0 Å². The number of amidine groups is 1. The molecule has 1 amide bonds. The maximum Gasteiger partial charge on any atom is 0.416 e. The van der Waals surface area contributed by atoms with Gasteiger partial charge < -0.3 is 19.7 Å². The third-order valence-electron chi connectivity index (χ3n) is 4.09. The molecule has 0 unspecified atom stereocenters. The number of nitrogens with zero attached hydrogens (tertiary/aromatic N) is 2. The zero-order valence-corrected chi connectivity index (χ0v) is 15.9. The summed E-state index contributed by atoms with van der Waals surface area (Å²) >= 11 is 1.29. The number of hydrogen-bond acceptors (Lipinski definition) is 7. The lowest BCUT2D eigenvalue weighted by atomic mass is 9.88. The van der Waals surface area contributed by atoms with Crippen molar-refractivity contribution >= 4 is 23.0 Å². The van der Waals surface area contributed by atoms with Crippen LogP contribution in [0.4, 0.5) is 4.79 Å². The number of carbonyl (C=O) groups excluding carboxylic acids is 1. The molecule has 8 heteroatoms. The van der Waals surface area contributed by atoms with Gasteiger partial charge in [-0.25, -0.2) is 4.79 Å². The van der Waals surface area contributed by atoms with Gasteiger partial charge in [-0.1, -0.05) is 18.7 Å². The molecule has 0 aromatic carbocycles. The minimum absolute atomic E-state index is 0.244. The number of fused-ring (bicyclic) bond motifs is 1. The van der Waals surface area contributed by atoms with Crippen LogP contribution in [-0.2, 0) is 9.47 Å². The first-order chi connectivity index (χ1) is 11.0. The molecule has 0 aliphatic carbocycles. The maximum atomic E-state index is 12.4. The Morgan fingerprint density at radius 3 is 2.62 bits per heavy atom. The number of thioether (sulfide) groups is 1. The van der Waals surface area contributed by atoms with E-state index in [0.717, 1.165) is 0 Å². The van der Waals surface area contributed by atoms with E-state index in [4.69, 9.17) is 9.47 Å². The van der Waals surface area contributed by atoms with E-state index in [0.29, 0.717) is 11.7 Å². The molecule has 0 radical (unpaired) electrons. The summed E-state index contributed by atoms with van der Waals surface area (Å²) in [6.07, 6.45) is -2.34. The highest BCUT2D eigenvalue weighted by Gasteiger charge is 2.49. The summed E-state index contributed by atoms with van der Waals surface area (Å²) in [5, 5.41) is 20.9. The second kappa shape index (κ2) is 7.19. The van der Waals surface area contributed by atoms with Crippen LogP contribution in [0.2, 0.25) is 0 Å². The monoisotopic (exact) mass is 360 g/mol. The van der Waals surface area contributed by atoms with Gasteiger partial charge in [0.15, 0.2) is 5.17 Å². The van der Waals surface area contributed by atoms with Crippen LogP contribution in [0.15, 0.2) is 4.99 Å². The molecular weight excluding hydrogens is 332 g/mol. The predicted octanol–water partition coefficient (Wildman–Crippen LogP) is 1.82. The number of carbonyl (C=O) groups is 1. The summed E-state index contributed by atoms with van der Waals surface area (Å²) in [5.41, 5.74) is -1.01. The van der Waals surface area contributed by atoms with Gasteiger partial charge in [-0.3, -0.25) is 9.89 Å². The molecular formula is C16H28N2O5S. The molecule has 2 heterocycles. The zero-order chi connectivity index (χ0) is 18.2. The predicted molar refractivity (Wildman–Crippen MR) is 92.9 cm³/mol. The lowest BCUT2D eigenvalue weighted by Gasteiger charge is -2.40. The molecule has 0 bridgehead atoms. The van der Waals surface area contributed by atoms with E-state index in [1.807, 2.05) is 34.6 Å². The van der Waals surface area contributed by atoms with Crippen LogP contribution in [0, 0.1) is 5.92 Å². The van der Waals surface area contributed by atoms with Gasteiger partial charge in [0.05, 0.1) is 18.3 Å². The average molecular weight is 360 g/mol. The molecule has 0 aromatic rings. The van der Waals surface area contributed by atoms with Crippen molar-refractivity contribution in [3.8, 4) is 0 Å². The molecule has 1 saturated heterocycles. The first kappa shape index (κ1) is 19.5. The number of ether oxygens (including phenoxy) is 2. The van der Waals surface area contributed by atoms with Crippen LogP contribution in [0.5, 0.6) is 0 Å². The quantitative estimate of drug-likeness (QED) is 0.780. The highest BCUT2D eigenvalue weighted by Crippen LogP contribution is 2.40. The molecule has 0 spiro atoms. The number of aliphatic hydroxyl groups excluding tert-OH is 2. The minimum Gasteiger partial charge on any atom is -0.443 e. The van der Waals surface area contributed by atoms with Crippen LogP contribution in [0.25, 0.3) is 0 Å². The Morgan fingerprint density at radius 1 is 1.50 bits per heavy atom. The van der Waals surface area contributed by atoms with Crippen molar-refractivity contribution < 1.29 is 24.5 Å². The van der Waals surface area contributed by atoms with Crippen molar-refractivity contribution in [2.75, 3.05) is 6.54 Å². The van der Waals surface area contributed by atoms with Gasteiger partial charge in [-0.05, 0) is 34.6 Å². The molecule has 2 aliphatic heterocycles. The van der Waals surface area contributed by atoms with E-state index in [2.05, 4.69) is 4.99 Å². The molecule has 2 N–H and O–H groups in total. The van der Waals surface area contributed by atoms with E-state index in [-0.39, 0.29) is 5.92 Å². The zero-order valence-electron chi connectivity index (χ0n) is 15.1. The molecule has 7 nitrogen and oxygen atoms in total. The third kappa shape index (κ3) is 4.04. The molecule has 2 rings (SSSR count). The fraction of sp³-hybridized carbons (Fsp3) is 0.875. The van der Waals surface area contributed by atoms with Crippen LogP contribution in [0.1, 0.15) is 41.5 Å². The SMILES string of the molecule is CCN(C(=O)OC(C)(C)C)C1=N[C@@H]2[C@@H](O)[C@H](C)[C@@H]([C@H](C)O)O[C@@H]2S1. The summed E-state index contributed by atoms with van der Waals surface area (Å²) in [7, 11) is 0. The Kier molecular flexibility index (Phi) is 5.84. The Labute approximate surface area is 147 Å². The second-order valence-electron chi connectivity index (χ2n) is 7.30. The molecule has 0 saturated carbocycles. The summed E-state index contributed by atoms with van der Waals surface area (Å²) in [6.45, 7) is 11.2. The summed E-state index contributed by atoms with van der Waals surface area (Å²) in [6, 6.07) is -0.452. The lowest BCUT2D eigenvalue weighted by molar-refractivity contribution is -0.146. The Bertz CT molecular complexity index is 505. The van der Waals surface area contributed by atoms with Crippen LogP contribution in [0.3, 0.4) is 0 Å². The van der Waals surface area contributed by atoms with Gasteiger partial charge in [-0.2, -0.15) is 0 Å². The summed E-state index contributed by atoms with van der Waals surface area (Å²) in [5.74, 6) is -0.244. The van der Waals surface area contributed by atoms with Crippen molar-refractivity contribution in [3.63, 3.8) is 0 Å². The normalized spacial score (nSPS) is 34.3. The number of rotatable bonds is 2. The molecule has 138 valence electrons. The van der Waals surface area contributed by atoms with E-state index in [1.54, 1.807) is 6.92 Å². The van der Waals surface area contributed by atoms with Crippen molar-refractivity contribution in [2.24, 2.45) is 10.9 Å². The fourth-order valence-electron chi connectivity index (χ4n) is 2.87. The van der Waals surface area contributed by atoms with Gasteiger partial charge in [0.25, 0.3) is 0 Å². The Hall–Kier alpha value is -0.830. The fourth-order valence-corrected chi connectivity index (χ4v) is 4.13. The lowest BCUT2D eigenvalue weighted by Crippen LogP contribution is -2.53. The van der Waals surface area contributed by atoms with Crippen molar-refractivity contribution in [3.05, 3.63) is 0 Å². The summed E-state index contributed by atoms with van der Waals surface area (Å²) in [4.78, 5) is 18.3. The second-order valence-corrected chi connectivity index (χ2v) is 8.37. The molecule has 24 heavy (non-hydrogen) atoms. The molecule has 1 fully saturated rings. The number of aliphatic hydroxyl groups is 2. The summed E-state index contributed by atoms with van der Waals surface area (Å²) < 4.78 is 11.3. The molecule has 2 aliphatic rings. The van der Waals surface area contributed by atoms with Crippen LogP contribution >= 0.6 is 11.8 Å². The standard InChI is InChI=1S/C16H28N2O5S/c1-7-18(15(21)23-16(4,5)6)14-17-10-11(20)8(2)12(9(3)19)22-13(10)24-14/h8-13,19-20H,7H2,1-6H3/t8-,9-,10+,11-,12-,13+/m0/s1. The van der Waals surface area contributed by atoms with Gasteiger partial charge in [0, 0.05) is 12.5 Å². The minimum atomic E-state index is -0.731. The topological polar surface area (TPSA) is 91.6 Å². The molecule has 6 atom stereocenters. The maximum absolute atomic E-state index is 12.4. The van der Waals surface area contributed by atoms with Gasteiger partial charge in [0.1, 0.15) is 17.1 Å².